The van der Waals surface area contributed by atoms with Gasteiger partial charge in [-0.2, -0.15) is 13.2 Å². The first-order chi connectivity index (χ1) is 22.5. The van der Waals surface area contributed by atoms with Crippen molar-refractivity contribution in [2.24, 2.45) is 0 Å². The molecule has 3 heterocycles. The quantitative estimate of drug-likeness (QED) is 0.206. The first kappa shape index (κ1) is 34.7. The van der Waals surface area contributed by atoms with Gasteiger partial charge in [0.25, 0.3) is 0 Å². The molecule has 0 amide bonds. The summed E-state index contributed by atoms with van der Waals surface area (Å²) in [6.45, 7) is 2.11. The molecule has 0 radical (unpaired) electrons. The minimum absolute atomic E-state index is 0.123. The van der Waals surface area contributed by atoms with Crippen LogP contribution in [0.1, 0.15) is 81.8 Å². The number of halogens is 3. The van der Waals surface area contributed by atoms with Crippen LogP contribution in [0.2, 0.25) is 0 Å². The molecule has 4 fully saturated rings. The van der Waals surface area contributed by atoms with Gasteiger partial charge in [-0.3, -0.25) is 0 Å². The molecular formula is C35H42F3NO8. The fourth-order valence-electron chi connectivity index (χ4n) is 8.03. The average Bonchev–Trinajstić information content (AvgIpc) is 3.61. The molecule has 2 atom stereocenters. The number of piperidine rings is 1. The van der Waals surface area contributed by atoms with Gasteiger partial charge in [-0.15, -0.1) is 0 Å². The van der Waals surface area contributed by atoms with Gasteiger partial charge in [-0.25, -0.2) is 9.59 Å². The number of hydrogen-bond donors (Lipinski definition) is 0. The number of carbonyl (C=O) groups excluding carboxylic acids is 3. The fraction of sp³-hybridized carbons (Fsp3) is 0.571. The molecule has 1 spiro atoms. The van der Waals surface area contributed by atoms with Crippen molar-refractivity contribution in [1.82, 2.24) is 0 Å². The smallest absolute Gasteiger partial charge is 0.510 e. The second-order valence-electron chi connectivity index (χ2n) is 12.9. The van der Waals surface area contributed by atoms with Crippen molar-refractivity contribution < 1.29 is 56.1 Å². The minimum atomic E-state index is -5.19. The maximum Gasteiger partial charge on any atom is 0.510 e. The first-order valence-electron chi connectivity index (χ1n) is 16.5. The normalized spacial score (nSPS) is 23.8. The van der Waals surface area contributed by atoms with Crippen molar-refractivity contribution in [3.63, 3.8) is 0 Å². The third kappa shape index (κ3) is 7.92. The van der Waals surface area contributed by atoms with E-state index < -0.39 is 36.7 Å². The lowest BCUT2D eigenvalue weighted by molar-refractivity contribution is -0.956. The highest BCUT2D eigenvalue weighted by atomic mass is 19.4. The van der Waals surface area contributed by atoms with Gasteiger partial charge < -0.3 is 33.3 Å². The Bertz CT molecular complexity index is 1290. The number of quaternary nitrogens is 1. The van der Waals surface area contributed by atoms with Crippen LogP contribution >= 0.6 is 0 Å². The molecule has 1 saturated carbocycles. The Morgan fingerprint density at radius 2 is 1.23 bits per heavy atom. The lowest BCUT2D eigenvalue weighted by Gasteiger charge is -2.47. The van der Waals surface area contributed by atoms with Crippen molar-refractivity contribution >= 4 is 18.1 Å². The minimum Gasteiger partial charge on any atom is -0.542 e. The lowest BCUT2D eigenvalue weighted by Crippen LogP contribution is -2.60. The second kappa shape index (κ2) is 15.1. The van der Waals surface area contributed by atoms with Gasteiger partial charge >= 0.3 is 18.3 Å². The molecule has 2 aromatic carbocycles. The van der Waals surface area contributed by atoms with Crippen molar-refractivity contribution in [2.45, 2.75) is 107 Å². The van der Waals surface area contributed by atoms with Gasteiger partial charge in [-0.1, -0.05) is 67.1 Å². The van der Waals surface area contributed by atoms with E-state index in [9.17, 15) is 22.8 Å². The van der Waals surface area contributed by atoms with Crippen LogP contribution in [0.15, 0.2) is 60.7 Å². The van der Waals surface area contributed by atoms with E-state index in [1.165, 1.54) is 49.7 Å². The molecule has 9 nitrogen and oxygen atoms in total. The number of carbonyl (C=O) groups is 3. The Morgan fingerprint density at radius 1 is 0.723 bits per heavy atom. The van der Waals surface area contributed by atoms with Crippen LogP contribution in [0.4, 0.5) is 18.0 Å². The molecule has 47 heavy (non-hydrogen) atoms. The summed E-state index contributed by atoms with van der Waals surface area (Å²) in [6.07, 6.45) is 5.57. The highest BCUT2D eigenvalue weighted by molar-refractivity contribution is 5.86. The monoisotopic (exact) mass is 661 g/mol. The molecule has 12 heteroatoms. The number of benzene rings is 2. The molecule has 256 valence electrons. The summed E-state index contributed by atoms with van der Waals surface area (Å²) in [4.78, 5) is 35.7. The van der Waals surface area contributed by atoms with Gasteiger partial charge in [0.2, 0.25) is 5.60 Å². The van der Waals surface area contributed by atoms with Crippen LogP contribution in [0, 0.1) is 0 Å². The van der Waals surface area contributed by atoms with Gasteiger partial charge in [-0.05, 0) is 36.8 Å². The average molecular weight is 662 g/mol. The maximum atomic E-state index is 14.3. The predicted molar refractivity (Wildman–Crippen MR) is 160 cm³/mol. The highest BCUT2D eigenvalue weighted by Crippen LogP contribution is 2.47. The number of carboxylic acids is 1. The number of alkyl halides is 3. The summed E-state index contributed by atoms with van der Waals surface area (Å²) in [5.74, 6) is -3.47. The van der Waals surface area contributed by atoms with E-state index in [2.05, 4.69) is 0 Å². The summed E-state index contributed by atoms with van der Waals surface area (Å²) < 4.78 is 56.4. The number of rotatable bonds is 8. The van der Waals surface area contributed by atoms with Gasteiger partial charge in [0.15, 0.2) is 6.79 Å². The molecule has 4 aliphatic rings. The summed E-state index contributed by atoms with van der Waals surface area (Å²) in [5.41, 5.74) is -0.307. The third-order valence-electron chi connectivity index (χ3n) is 10.2. The molecule has 2 bridgehead atoms. The SMILES string of the molecule is O=C(OCOC(C(=O)OC1CC2CCC(C1)[N+]21CCCC1)(c1ccccc1)c1ccccc1)OC1CCCCC1.O=C([O-])C(F)(F)F. The number of hydrogen-bond acceptors (Lipinski definition) is 8. The topological polar surface area (TPSA) is 111 Å². The zero-order chi connectivity index (χ0) is 33.5. The zero-order valence-corrected chi connectivity index (χ0v) is 26.3. The number of nitrogens with zero attached hydrogens (tertiary/aromatic N) is 1. The van der Waals surface area contributed by atoms with E-state index >= 15 is 0 Å². The predicted octanol–water partition coefficient (Wildman–Crippen LogP) is 5.54. The Labute approximate surface area is 272 Å². The van der Waals surface area contributed by atoms with Crippen molar-refractivity contribution in [2.75, 3.05) is 19.9 Å². The van der Waals surface area contributed by atoms with E-state index in [4.69, 9.17) is 28.8 Å². The van der Waals surface area contributed by atoms with Crippen LogP contribution in [-0.4, -0.2) is 72.9 Å². The largest absolute Gasteiger partial charge is 0.542 e. The molecule has 2 unspecified atom stereocenters. The van der Waals surface area contributed by atoms with Gasteiger partial charge in [0, 0.05) is 38.5 Å². The van der Waals surface area contributed by atoms with Gasteiger partial charge in [0.05, 0.1) is 25.2 Å². The number of carboxylic acid groups (broad SMARTS) is 1. The molecule has 3 aliphatic heterocycles. The molecule has 1 aliphatic carbocycles. The molecule has 2 aromatic rings. The summed E-state index contributed by atoms with van der Waals surface area (Å²) in [5, 5.41) is 8.78. The Morgan fingerprint density at radius 3 is 1.72 bits per heavy atom. The van der Waals surface area contributed by atoms with Gasteiger partial charge in [0.1, 0.15) is 18.2 Å². The van der Waals surface area contributed by atoms with E-state index in [0.29, 0.717) is 23.2 Å². The summed E-state index contributed by atoms with van der Waals surface area (Å²) in [6, 6.07) is 19.9. The van der Waals surface area contributed by atoms with E-state index in [1.54, 1.807) is 0 Å². The third-order valence-corrected chi connectivity index (χ3v) is 10.2. The number of aliphatic carboxylic acids is 1. The zero-order valence-electron chi connectivity index (χ0n) is 26.3. The maximum absolute atomic E-state index is 14.3. The Hall–Kier alpha value is -3.64. The first-order valence-corrected chi connectivity index (χ1v) is 16.5. The van der Waals surface area contributed by atoms with Crippen LogP contribution in [0.5, 0.6) is 0 Å². The molecule has 0 aromatic heterocycles. The summed E-state index contributed by atoms with van der Waals surface area (Å²) >= 11 is 0. The second-order valence-corrected chi connectivity index (χ2v) is 12.9. The van der Waals surface area contributed by atoms with Crippen molar-refractivity contribution in [3.8, 4) is 0 Å². The van der Waals surface area contributed by atoms with E-state index in [1.807, 2.05) is 60.7 Å². The summed E-state index contributed by atoms with van der Waals surface area (Å²) in [7, 11) is 0. The van der Waals surface area contributed by atoms with Crippen molar-refractivity contribution in [3.05, 3.63) is 71.8 Å². The Kier molecular flexibility index (Phi) is 11.1. The standard InChI is InChI=1S/C33H42NO6.C2HF3O2/c35-31(39-30-22-27-18-19-28(23-30)34(27)20-10-11-21-34)33(25-12-4-1-5-13-25,26-14-6-2-7-15-26)38-24-37-32(36)40-29-16-8-3-9-17-29;3-2(4,5)1(6)7/h1-2,4-7,12-15,27-30H,3,8-11,16-24H2;(H,6,7)/q+1;/p-1. The van der Waals surface area contributed by atoms with Crippen molar-refractivity contribution in [1.29, 1.82) is 0 Å². The highest BCUT2D eigenvalue weighted by Gasteiger charge is 2.57. The lowest BCUT2D eigenvalue weighted by atomic mass is 9.85. The molecule has 6 rings (SSSR count). The number of ether oxygens (including phenoxy) is 4. The molecular weight excluding hydrogens is 619 g/mol. The molecule has 0 N–H and O–H groups in total. The van der Waals surface area contributed by atoms with Crippen LogP contribution in [-0.2, 0) is 34.1 Å². The fourth-order valence-corrected chi connectivity index (χ4v) is 8.03. The van der Waals surface area contributed by atoms with Crippen LogP contribution in [0.25, 0.3) is 0 Å². The van der Waals surface area contributed by atoms with E-state index in [-0.39, 0.29) is 12.2 Å². The molecule has 3 saturated heterocycles. The van der Waals surface area contributed by atoms with Crippen LogP contribution in [0.3, 0.4) is 0 Å². The van der Waals surface area contributed by atoms with Crippen LogP contribution < -0.4 is 5.11 Å². The number of esters is 1. The Balaban J connectivity index is 0.000000559. The van der Waals surface area contributed by atoms with E-state index in [0.717, 1.165) is 38.5 Å².